The Morgan fingerprint density at radius 3 is 1.94 bits per heavy atom. The number of carboxylic acid groups (broad SMARTS) is 2. The number of primary amides is 1. The second-order valence-electron chi connectivity index (χ2n) is 7.41. The van der Waals surface area contributed by atoms with Gasteiger partial charge in [0.15, 0.2) is 0 Å². The van der Waals surface area contributed by atoms with Crippen LogP contribution in [0.2, 0.25) is 0 Å². The Hall–Kier alpha value is -3.22. The first-order chi connectivity index (χ1) is 14.3. The van der Waals surface area contributed by atoms with Crippen LogP contribution in [-0.4, -0.2) is 70.5 Å². The minimum Gasteiger partial charge on any atom is -0.481 e. The monoisotopic (exact) mass is 445 g/mol. The molecule has 13 nitrogen and oxygen atoms in total. The average Bonchev–Trinajstić information content (AvgIpc) is 2.64. The first-order valence-corrected chi connectivity index (χ1v) is 9.69. The molecule has 0 aromatic heterocycles. The van der Waals surface area contributed by atoms with Crippen molar-refractivity contribution in [2.24, 2.45) is 17.4 Å². The molecule has 0 saturated heterocycles. The summed E-state index contributed by atoms with van der Waals surface area (Å²) >= 11 is 0. The summed E-state index contributed by atoms with van der Waals surface area (Å²) in [5, 5.41) is 24.4. The molecule has 0 aliphatic heterocycles. The fraction of sp³-hybridized carbons (Fsp3) is 0.667. The maximum Gasteiger partial charge on any atom is 0.326 e. The van der Waals surface area contributed by atoms with Crippen LogP contribution in [0.1, 0.15) is 46.0 Å². The molecular formula is C18H31N5O8. The predicted octanol–water partition coefficient (Wildman–Crippen LogP) is -2.34. The van der Waals surface area contributed by atoms with Crippen LogP contribution in [0.25, 0.3) is 0 Å². The summed E-state index contributed by atoms with van der Waals surface area (Å²) in [4.78, 5) is 69.2. The van der Waals surface area contributed by atoms with Gasteiger partial charge in [0, 0.05) is 12.8 Å². The van der Waals surface area contributed by atoms with Crippen molar-refractivity contribution in [1.29, 1.82) is 0 Å². The highest BCUT2D eigenvalue weighted by atomic mass is 16.4. The Morgan fingerprint density at radius 2 is 1.45 bits per heavy atom. The highest BCUT2D eigenvalue weighted by Gasteiger charge is 2.26. The Labute approximate surface area is 179 Å². The van der Waals surface area contributed by atoms with Gasteiger partial charge < -0.3 is 37.6 Å². The van der Waals surface area contributed by atoms with Gasteiger partial charge in [-0.3, -0.25) is 24.0 Å². The van der Waals surface area contributed by atoms with Crippen LogP contribution in [0, 0.1) is 5.92 Å². The number of aliphatic carboxylic acids is 2. The maximum atomic E-state index is 12.4. The maximum absolute atomic E-state index is 12.4. The van der Waals surface area contributed by atoms with Gasteiger partial charge in [-0.2, -0.15) is 0 Å². The van der Waals surface area contributed by atoms with Gasteiger partial charge >= 0.3 is 11.9 Å². The number of amides is 4. The van der Waals surface area contributed by atoms with Crippen molar-refractivity contribution < 1.29 is 39.0 Å². The largest absolute Gasteiger partial charge is 0.481 e. The lowest BCUT2D eigenvalue weighted by molar-refractivity contribution is -0.143. The van der Waals surface area contributed by atoms with Crippen molar-refractivity contribution >= 4 is 35.6 Å². The quantitative estimate of drug-likeness (QED) is 0.143. The Morgan fingerprint density at radius 1 is 0.871 bits per heavy atom. The van der Waals surface area contributed by atoms with Gasteiger partial charge in [-0.1, -0.05) is 13.8 Å². The summed E-state index contributed by atoms with van der Waals surface area (Å²) in [7, 11) is 0. The van der Waals surface area contributed by atoms with E-state index >= 15 is 0 Å². The molecule has 4 amide bonds. The third-order valence-corrected chi connectivity index (χ3v) is 4.08. The molecular weight excluding hydrogens is 414 g/mol. The first kappa shape index (κ1) is 27.8. The number of hydrogen-bond acceptors (Lipinski definition) is 7. The van der Waals surface area contributed by atoms with Crippen LogP contribution in [0.4, 0.5) is 0 Å². The molecule has 176 valence electrons. The number of nitrogens with two attached hydrogens (primary N) is 2. The first-order valence-electron chi connectivity index (χ1n) is 9.69. The van der Waals surface area contributed by atoms with E-state index in [2.05, 4.69) is 16.0 Å². The molecule has 0 saturated carbocycles. The van der Waals surface area contributed by atoms with Gasteiger partial charge in [0.05, 0.1) is 12.6 Å². The van der Waals surface area contributed by atoms with E-state index in [0.29, 0.717) is 6.42 Å². The normalized spacial score (nSPS) is 13.5. The molecule has 0 spiro atoms. The fourth-order valence-electron chi connectivity index (χ4n) is 2.51. The smallest absolute Gasteiger partial charge is 0.326 e. The van der Waals surface area contributed by atoms with E-state index in [-0.39, 0.29) is 25.2 Å². The lowest BCUT2D eigenvalue weighted by Gasteiger charge is -2.21. The Kier molecular flexibility index (Phi) is 12.5. The van der Waals surface area contributed by atoms with E-state index in [1.807, 2.05) is 13.8 Å². The molecule has 0 rings (SSSR count). The second kappa shape index (κ2) is 13.9. The van der Waals surface area contributed by atoms with E-state index in [9.17, 15) is 28.8 Å². The van der Waals surface area contributed by atoms with Gasteiger partial charge in [-0.25, -0.2) is 4.79 Å². The van der Waals surface area contributed by atoms with Crippen molar-refractivity contribution in [2.75, 3.05) is 6.54 Å². The van der Waals surface area contributed by atoms with Crippen LogP contribution in [0.15, 0.2) is 0 Å². The van der Waals surface area contributed by atoms with E-state index in [1.165, 1.54) is 0 Å². The number of carbonyl (C=O) groups is 6. The molecule has 0 aliphatic rings. The molecule has 0 heterocycles. The van der Waals surface area contributed by atoms with Crippen molar-refractivity contribution in [2.45, 2.75) is 64.1 Å². The molecule has 0 bridgehead atoms. The molecule has 13 heteroatoms. The van der Waals surface area contributed by atoms with Crippen LogP contribution < -0.4 is 27.4 Å². The highest BCUT2D eigenvalue weighted by Crippen LogP contribution is 2.05. The molecule has 3 atom stereocenters. The summed E-state index contributed by atoms with van der Waals surface area (Å²) in [6.07, 6.45) is -0.776. The number of nitrogens with one attached hydrogen (secondary N) is 3. The zero-order valence-electron chi connectivity index (χ0n) is 17.6. The van der Waals surface area contributed by atoms with E-state index in [1.54, 1.807) is 0 Å². The summed E-state index contributed by atoms with van der Waals surface area (Å²) in [6, 6.07) is -3.51. The van der Waals surface area contributed by atoms with Gasteiger partial charge in [0.1, 0.15) is 12.1 Å². The standard InChI is InChI=1S/C18H31N5O8/c1-9(2)7-10(19)16(28)23-11(3-5-13(20)24)17(29)21-8-14(25)22-12(18(30)31)4-6-15(26)27/h9-12H,3-8,19H2,1-2H3,(H2,20,24)(H,21,29)(H,22,25)(H,23,28)(H,26,27)(H,30,31). The van der Waals surface area contributed by atoms with Gasteiger partial charge in [0.2, 0.25) is 23.6 Å². The van der Waals surface area contributed by atoms with E-state index in [0.717, 1.165) is 0 Å². The summed E-state index contributed by atoms with van der Waals surface area (Å²) in [5.41, 5.74) is 10.9. The average molecular weight is 445 g/mol. The summed E-state index contributed by atoms with van der Waals surface area (Å²) < 4.78 is 0. The van der Waals surface area contributed by atoms with Crippen LogP contribution in [0.5, 0.6) is 0 Å². The molecule has 31 heavy (non-hydrogen) atoms. The third-order valence-electron chi connectivity index (χ3n) is 4.08. The van der Waals surface area contributed by atoms with Gasteiger partial charge in [-0.05, 0) is 25.2 Å². The van der Waals surface area contributed by atoms with Crippen molar-refractivity contribution in [3.05, 3.63) is 0 Å². The zero-order chi connectivity index (χ0) is 24.1. The molecule has 0 aromatic rings. The number of carboxylic acids is 2. The van der Waals surface area contributed by atoms with Crippen molar-refractivity contribution in [3.8, 4) is 0 Å². The van der Waals surface area contributed by atoms with E-state index < -0.39 is 66.7 Å². The van der Waals surface area contributed by atoms with Gasteiger partial charge in [-0.15, -0.1) is 0 Å². The van der Waals surface area contributed by atoms with Crippen molar-refractivity contribution in [3.63, 3.8) is 0 Å². The zero-order valence-corrected chi connectivity index (χ0v) is 17.6. The lowest BCUT2D eigenvalue weighted by Crippen LogP contribution is -2.53. The van der Waals surface area contributed by atoms with Crippen molar-refractivity contribution in [1.82, 2.24) is 16.0 Å². The Bertz CT molecular complexity index is 682. The van der Waals surface area contributed by atoms with E-state index in [4.69, 9.17) is 21.7 Å². The fourth-order valence-corrected chi connectivity index (χ4v) is 2.51. The molecule has 9 N–H and O–H groups in total. The minimum absolute atomic E-state index is 0.126. The number of carbonyl (C=O) groups excluding carboxylic acids is 4. The SMILES string of the molecule is CC(C)CC(N)C(=O)NC(CCC(N)=O)C(=O)NCC(=O)NC(CCC(=O)O)C(=O)O. The van der Waals surface area contributed by atoms with Gasteiger partial charge in [0.25, 0.3) is 0 Å². The highest BCUT2D eigenvalue weighted by molar-refractivity contribution is 5.93. The molecule has 3 unspecified atom stereocenters. The molecule has 0 fully saturated rings. The molecule has 0 aromatic carbocycles. The lowest BCUT2D eigenvalue weighted by atomic mass is 10.0. The molecule has 0 aliphatic carbocycles. The number of hydrogen-bond donors (Lipinski definition) is 7. The topological polar surface area (TPSA) is 231 Å². The molecule has 0 radical (unpaired) electrons. The summed E-state index contributed by atoms with van der Waals surface area (Å²) in [6.45, 7) is 3.10. The van der Waals surface area contributed by atoms with Crippen LogP contribution in [-0.2, 0) is 28.8 Å². The van der Waals surface area contributed by atoms with Crippen LogP contribution >= 0.6 is 0 Å². The Balaban J connectivity index is 4.90. The second-order valence-corrected chi connectivity index (χ2v) is 7.41. The predicted molar refractivity (Wildman–Crippen MR) is 107 cm³/mol. The summed E-state index contributed by atoms with van der Waals surface area (Å²) in [5.74, 6) is -5.49. The number of rotatable bonds is 15. The van der Waals surface area contributed by atoms with Crippen LogP contribution in [0.3, 0.4) is 0 Å². The third kappa shape index (κ3) is 12.8. The minimum atomic E-state index is -1.44.